The number of urea groups is 1. The van der Waals surface area contributed by atoms with Crippen LogP contribution in [0.15, 0.2) is 54.6 Å². The van der Waals surface area contributed by atoms with Crippen molar-refractivity contribution in [1.82, 2.24) is 9.78 Å². The molecule has 0 saturated heterocycles. The van der Waals surface area contributed by atoms with Crippen molar-refractivity contribution in [2.75, 3.05) is 17.3 Å². The predicted octanol–water partition coefficient (Wildman–Crippen LogP) is 5.14. The van der Waals surface area contributed by atoms with Gasteiger partial charge in [0.05, 0.1) is 5.69 Å². The molecule has 0 spiro atoms. The summed E-state index contributed by atoms with van der Waals surface area (Å²) in [6.45, 7) is 0. The normalized spacial score (nSPS) is 13.9. The fraction of sp³-hybridized carbons (Fsp3) is 0.238. The second-order valence-corrected chi connectivity index (χ2v) is 7.19. The molecule has 6 nitrogen and oxygen atoms in total. The van der Waals surface area contributed by atoms with Gasteiger partial charge in [0.2, 0.25) is 0 Å². The molecule has 1 fully saturated rings. The van der Waals surface area contributed by atoms with Crippen LogP contribution in [0.2, 0.25) is 0 Å². The van der Waals surface area contributed by atoms with E-state index in [9.17, 15) is 23.1 Å². The summed E-state index contributed by atoms with van der Waals surface area (Å²) >= 11 is 0. The quantitative estimate of drug-likeness (QED) is 0.619. The van der Waals surface area contributed by atoms with Gasteiger partial charge in [0.15, 0.2) is 5.69 Å². The Morgan fingerprint density at radius 2 is 1.87 bits per heavy atom. The number of hydrogen-bond acceptors (Lipinski definition) is 3. The van der Waals surface area contributed by atoms with E-state index in [2.05, 4.69) is 10.4 Å². The smallest absolute Gasteiger partial charge is 0.435 e. The van der Waals surface area contributed by atoms with Gasteiger partial charge in [-0.15, -0.1) is 0 Å². The van der Waals surface area contributed by atoms with Gasteiger partial charge in [-0.2, -0.15) is 18.3 Å². The van der Waals surface area contributed by atoms with E-state index in [0.717, 1.165) is 18.9 Å². The summed E-state index contributed by atoms with van der Waals surface area (Å²) in [5.41, 5.74) is 1.12. The van der Waals surface area contributed by atoms with Crippen LogP contribution in [-0.2, 0) is 6.18 Å². The first-order chi connectivity index (χ1) is 14.2. The van der Waals surface area contributed by atoms with Crippen LogP contribution in [-0.4, -0.2) is 28.0 Å². The highest BCUT2D eigenvalue weighted by atomic mass is 19.4. The molecule has 0 radical (unpaired) electrons. The number of aromatic hydroxyl groups is 1. The Balaban J connectivity index is 1.52. The highest BCUT2D eigenvalue weighted by molar-refractivity contribution is 6.01. The average molecular weight is 416 g/mol. The second kappa shape index (κ2) is 7.40. The number of benzene rings is 2. The van der Waals surface area contributed by atoms with Crippen LogP contribution >= 0.6 is 0 Å². The highest BCUT2D eigenvalue weighted by Gasteiger charge is 2.38. The lowest BCUT2D eigenvalue weighted by atomic mass is 10.2. The monoisotopic (exact) mass is 416 g/mol. The molecule has 156 valence electrons. The molecule has 0 aliphatic heterocycles. The molecule has 30 heavy (non-hydrogen) atoms. The van der Waals surface area contributed by atoms with Crippen LogP contribution in [0, 0.1) is 0 Å². The molecule has 2 amide bonds. The third-order valence-corrected chi connectivity index (χ3v) is 4.91. The van der Waals surface area contributed by atoms with Crippen LogP contribution in [0.4, 0.5) is 29.3 Å². The minimum atomic E-state index is -4.50. The summed E-state index contributed by atoms with van der Waals surface area (Å²) in [6, 6.07) is 13.4. The lowest BCUT2D eigenvalue weighted by molar-refractivity contribution is -0.141. The molecule has 9 heteroatoms. The van der Waals surface area contributed by atoms with E-state index in [4.69, 9.17) is 0 Å². The molecule has 1 aliphatic carbocycles. The summed E-state index contributed by atoms with van der Waals surface area (Å²) in [7, 11) is 1.56. The lowest BCUT2D eigenvalue weighted by Gasteiger charge is -2.18. The highest BCUT2D eigenvalue weighted by Crippen LogP contribution is 2.43. The number of aromatic nitrogens is 2. The van der Waals surface area contributed by atoms with Crippen molar-refractivity contribution in [2.24, 2.45) is 0 Å². The molecule has 0 bridgehead atoms. The summed E-state index contributed by atoms with van der Waals surface area (Å²) in [4.78, 5) is 13.8. The van der Waals surface area contributed by atoms with Crippen molar-refractivity contribution in [3.63, 3.8) is 0 Å². The number of alkyl halides is 3. The SMILES string of the molecule is CN(C(=O)Nc1ccc(-n2nc(C(F)(F)F)cc2C2CC2)cc1)c1cccc(O)c1. The van der Waals surface area contributed by atoms with Gasteiger partial charge in [-0.25, -0.2) is 9.48 Å². The fourth-order valence-electron chi connectivity index (χ4n) is 3.12. The number of amides is 2. The molecule has 0 unspecified atom stereocenters. The zero-order valence-corrected chi connectivity index (χ0v) is 16.0. The maximum atomic E-state index is 13.1. The van der Waals surface area contributed by atoms with E-state index in [-0.39, 0.29) is 11.7 Å². The van der Waals surface area contributed by atoms with E-state index in [1.54, 1.807) is 43.4 Å². The van der Waals surface area contributed by atoms with E-state index >= 15 is 0 Å². The van der Waals surface area contributed by atoms with Crippen molar-refractivity contribution >= 4 is 17.4 Å². The zero-order valence-electron chi connectivity index (χ0n) is 16.0. The summed E-state index contributed by atoms with van der Waals surface area (Å²) in [5, 5.41) is 16.0. The third kappa shape index (κ3) is 4.10. The molecular weight excluding hydrogens is 397 g/mol. The minimum Gasteiger partial charge on any atom is -0.508 e. The van der Waals surface area contributed by atoms with E-state index in [1.165, 1.54) is 21.7 Å². The largest absolute Gasteiger partial charge is 0.508 e. The number of phenols is 1. The Morgan fingerprint density at radius 3 is 2.47 bits per heavy atom. The Labute approximate surface area is 170 Å². The van der Waals surface area contributed by atoms with Crippen LogP contribution in [0.1, 0.15) is 30.1 Å². The number of carbonyl (C=O) groups is 1. The predicted molar refractivity (Wildman–Crippen MR) is 106 cm³/mol. The average Bonchev–Trinajstić information content (AvgIpc) is 3.45. The van der Waals surface area contributed by atoms with Crippen LogP contribution in [0.25, 0.3) is 5.69 Å². The van der Waals surface area contributed by atoms with Gasteiger partial charge in [0.25, 0.3) is 0 Å². The number of anilines is 2. The molecule has 0 atom stereocenters. The lowest BCUT2D eigenvalue weighted by Crippen LogP contribution is -2.31. The summed E-state index contributed by atoms with van der Waals surface area (Å²) in [6.07, 6.45) is -2.81. The Bertz CT molecular complexity index is 1070. The third-order valence-electron chi connectivity index (χ3n) is 4.91. The van der Waals surface area contributed by atoms with Gasteiger partial charge in [0.1, 0.15) is 5.75 Å². The first-order valence-corrected chi connectivity index (χ1v) is 9.34. The number of phenolic OH excluding ortho intramolecular Hbond substituents is 1. The van der Waals surface area contributed by atoms with Gasteiger partial charge in [-0.05, 0) is 55.3 Å². The van der Waals surface area contributed by atoms with Crippen molar-refractivity contribution in [3.05, 3.63) is 66.0 Å². The molecule has 2 N–H and O–H groups in total. The number of carbonyl (C=O) groups excluding carboxylic acids is 1. The topological polar surface area (TPSA) is 70.4 Å². The molecule has 3 aromatic rings. The fourth-order valence-corrected chi connectivity index (χ4v) is 3.12. The van der Waals surface area contributed by atoms with E-state index in [1.807, 2.05) is 0 Å². The Morgan fingerprint density at radius 1 is 1.17 bits per heavy atom. The molecule has 1 aromatic heterocycles. The number of rotatable bonds is 4. The molecule has 4 rings (SSSR count). The molecule has 1 aliphatic rings. The number of halogens is 3. The standard InChI is InChI=1S/C21H19F3N4O2/c1-27(16-3-2-4-17(29)11-16)20(30)25-14-7-9-15(10-8-14)28-18(13-5-6-13)12-19(26-28)21(22,23)24/h2-4,7-13,29H,5-6H2,1H3,(H,25,30). The van der Waals surface area contributed by atoms with Gasteiger partial charge >= 0.3 is 12.2 Å². The summed E-state index contributed by atoms with van der Waals surface area (Å²) in [5.74, 6) is 0.129. The second-order valence-electron chi connectivity index (χ2n) is 7.19. The van der Waals surface area contributed by atoms with Crippen LogP contribution in [0.5, 0.6) is 5.75 Å². The van der Waals surface area contributed by atoms with Crippen molar-refractivity contribution < 1.29 is 23.1 Å². The first kappa shape index (κ1) is 19.8. The van der Waals surface area contributed by atoms with Gasteiger partial charge in [-0.1, -0.05) is 6.07 Å². The van der Waals surface area contributed by atoms with Gasteiger partial charge in [0, 0.05) is 36.1 Å². The zero-order chi connectivity index (χ0) is 21.5. The van der Waals surface area contributed by atoms with Gasteiger partial charge < -0.3 is 10.4 Å². The van der Waals surface area contributed by atoms with Crippen molar-refractivity contribution in [3.8, 4) is 11.4 Å². The maximum Gasteiger partial charge on any atom is 0.435 e. The molecular formula is C21H19F3N4O2. The van der Waals surface area contributed by atoms with E-state index in [0.29, 0.717) is 22.8 Å². The number of nitrogens with zero attached hydrogens (tertiary/aromatic N) is 3. The molecule has 1 saturated carbocycles. The van der Waals surface area contributed by atoms with E-state index < -0.39 is 17.9 Å². The van der Waals surface area contributed by atoms with Crippen molar-refractivity contribution in [1.29, 1.82) is 0 Å². The van der Waals surface area contributed by atoms with Crippen LogP contribution in [0.3, 0.4) is 0 Å². The Hall–Kier alpha value is -3.49. The number of nitrogens with one attached hydrogen (secondary N) is 1. The number of hydrogen-bond donors (Lipinski definition) is 2. The van der Waals surface area contributed by atoms with Crippen LogP contribution < -0.4 is 10.2 Å². The first-order valence-electron chi connectivity index (χ1n) is 9.34. The van der Waals surface area contributed by atoms with Gasteiger partial charge in [-0.3, -0.25) is 4.90 Å². The minimum absolute atomic E-state index is 0.0421. The summed E-state index contributed by atoms with van der Waals surface area (Å²) < 4.78 is 40.6. The maximum absolute atomic E-state index is 13.1. The molecule has 1 heterocycles. The molecule has 2 aromatic carbocycles. The Kier molecular flexibility index (Phi) is 4.89. The van der Waals surface area contributed by atoms with Crippen molar-refractivity contribution in [2.45, 2.75) is 24.9 Å².